The number of carboxylic acids is 1. The molecule has 0 saturated carbocycles. The monoisotopic (exact) mass is 321 g/mol. The lowest BCUT2D eigenvalue weighted by Crippen LogP contribution is -2.34. The number of aromatic carboxylic acids is 1. The maximum Gasteiger partial charge on any atom is 0.338 e. The Bertz CT molecular complexity index is 658. The first-order valence-electron chi connectivity index (χ1n) is 7.40. The van der Waals surface area contributed by atoms with E-state index < -0.39 is 5.97 Å². The molecule has 0 aliphatic carbocycles. The van der Waals surface area contributed by atoms with Crippen molar-refractivity contribution in [2.24, 2.45) is 0 Å². The average Bonchev–Trinajstić information content (AvgIpc) is 3.17. The second-order valence-electron chi connectivity index (χ2n) is 5.82. The van der Waals surface area contributed by atoms with E-state index in [-0.39, 0.29) is 11.6 Å². The summed E-state index contributed by atoms with van der Waals surface area (Å²) in [7, 11) is 0. The van der Waals surface area contributed by atoms with Crippen molar-refractivity contribution in [1.82, 2.24) is 19.1 Å². The van der Waals surface area contributed by atoms with Gasteiger partial charge in [0.1, 0.15) is 5.82 Å². The molecule has 0 amide bonds. The van der Waals surface area contributed by atoms with Crippen LogP contribution in [0.15, 0.2) is 12.4 Å². The van der Waals surface area contributed by atoms with Gasteiger partial charge in [-0.25, -0.2) is 9.78 Å². The minimum Gasteiger partial charge on any atom is -0.478 e. The summed E-state index contributed by atoms with van der Waals surface area (Å²) < 4.78 is 6.18. The number of nitrogens with zero attached hydrogens (tertiary/aromatic N) is 5. The first kappa shape index (κ1) is 15.0. The van der Waals surface area contributed by atoms with Crippen LogP contribution in [-0.2, 0) is 0 Å². The number of carboxylic acid groups (broad SMARTS) is 1. The number of hydrogen-bond acceptors (Lipinski definition) is 6. The molecule has 3 rings (SSSR count). The summed E-state index contributed by atoms with van der Waals surface area (Å²) in [5.74, 6) is 0.320. The highest BCUT2D eigenvalue weighted by molar-refractivity contribution is 7.09. The Hall–Kier alpha value is -1.96. The van der Waals surface area contributed by atoms with Gasteiger partial charge in [0.25, 0.3) is 0 Å². The van der Waals surface area contributed by atoms with E-state index in [1.54, 1.807) is 10.9 Å². The van der Waals surface area contributed by atoms with Gasteiger partial charge < -0.3 is 10.0 Å². The van der Waals surface area contributed by atoms with Crippen LogP contribution in [0.3, 0.4) is 0 Å². The van der Waals surface area contributed by atoms with Crippen molar-refractivity contribution in [2.75, 3.05) is 18.0 Å². The number of anilines is 1. The lowest BCUT2D eigenvalue weighted by molar-refractivity contribution is 0.0696. The molecule has 2 aromatic heterocycles. The quantitative estimate of drug-likeness (QED) is 0.931. The Kier molecular flexibility index (Phi) is 4.10. The Morgan fingerprint density at radius 1 is 1.41 bits per heavy atom. The van der Waals surface area contributed by atoms with Gasteiger partial charge in [-0.1, -0.05) is 13.8 Å². The van der Waals surface area contributed by atoms with Gasteiger partial charge in [-0.15, -0.1) is 0 Å². The standard InChI is InChI=1S/C14H19N5O2S/c1-9(2)12-16-14(22-17-12)18-5-3-11(4-6-18)19-8-10(7-15-19)13(20)21/h7-9,11H,3-6H2,1-2H3,(H,20,21). The van der Waals surface area contributed by atoms with Crippen LogP contribution in [0.2, 0.25) is 0 Å². The minimum atomic E-state index is -0.932. The normalized spacial score (nSPS) is 16.4. The Morgan fingerprint density at radius 2 is 2.14 bits per heavy atom. The van der Waals surface area contributed by atoms with Crippen molar-refractivity contribution in [2.45, 2.75) is 38.6 Å². The Balaban J connectivity index is 1.62. The van der Waals surface area contributed by atoms with Crippen LogP contribution in [0.25, 0.3) is 0 Å². The molecule has 2 aromatic rings. The largest absolute Gasteiger partial charge is 0.478 e. The molecule has 118 valence electrons. The zero-order chi connectivity index (χ0) is 15.7. The number of rotatable bonds is 4. The lowest BCUT2D eigenvalue weighted by atomic mass is 10.1. The number of aromatic nitrogens is 4. The summed E-state index contributed by atoms with van der Waals surface area (Å²) >= 11 is 1.45. The van der Waals surface area contributed by atoms with Crippen LogP contribution in [-0.4, -0.2) is 43.3 Å². The SMILES string of the molecule is CC(C)c1nsc(N2CCC(n3cc(C(=O)O)cn3)CC2)n1. The molecule has 0 unspecified atom stereocenters. The van der Waals surface area contributed by atoms with Gasteiger partial charge in [0, 0.05) is 36.7 Å². The summed E-state index contributed by atoms with van der Waals surface area (Å²) in [6.45, 7) is 5.96. The molecule has 1 N–H and O–H groups in total. The number of hydrogen-bond donors (Lipinski definition) is 1. The van der Waals surface area contributed by atoms with Crippen LogP contribution in [0.5, 0.6) is 0 Å². The van der Waals surface area contributed by atoms with Gasteiger partial charge in [-0.3, -0.25) is 4.68 Å². The van der Waals surface area contributed by atoms with Gasteiger partial charge in [-0.2, -0.15) is 9.47 Å². The van der Waals surface area contributed by atoms with E-state index in [9.17, 15) is 4.79 Å². The van der Waals surface area contributed by atoms with Crippen molar-refractivity contribution >= 4 is 22.6 Å². The molecule has 0 bridgehead atoms. The molecule has 8 heteroatoms. The van der Waals surface area contributed by atoms with Gasteiger partial charge in [0.2, 0.25) is 5.13 Å². The maximum absolute atomic E-state index is 10.9. The fourth-order valence-electron chi connectivity index (χ4n) is 2.56. The van der Waals surface area contributed by atoms with Gasteiger partial charge in [0.15, 0.2) is 0 Å². The summed E-state index contributed by atoms with van der Waals surface area (Å²) in [6, 6.07) is 0.252. The van der Waals surface area contributed by atoms with Crippen molar-refractivity contribution in [3.8, 4) is 0 Å². The molecule has 7 nitrogen and oxygen atoms in total. The molecule has 0 aromatic carbocycles. The van der Waals surface area contributed by atoms with Crippen LogP contribution in [0.4, 0.5) is 5.13 Å². The zero-order valence-corrected chi connectivity index (χ0v) is 13.5. The number of carbonyl (C=O) groups is 1. The fraction of sp³-hybridized carbons (Fsp3) is 0.571. The van der Waals surface area contributed by atoms with Gasteiger partial charge in [0.05, 0.1) is 17.8 Å². The van der Waals surface area contributed by atoms with E-state index in [2.05, 4.69) is 33.2 Å². The smallest absolute Gasteiger partial charge is 0.338 e. The molecule has 1 aliphatic rings. The zero-order valence-electron chi connectivity index (χ0n) is 12.6. The second kappa shape index (κ2) is 6.04. The third-order valence-corrected chi connectivity index (χ3v) is 4.70. The van der Waals surface area contributed by atoms with E-state index in [4.69, 9.17) is 5.11 Å². The van der Waals surface area contributed by atoms with Gasteiger partial charge >= 0.3 is 5.97 Å². The van der Waals surface area contributed by atoms with Crippen molar-refractivity contribution in [3.63, 3.8) is 0 Å². The van der Waals surface area contributed by atoms with E-state index in [1.807, 2.05) is 0 Å². The highest BCUT2D eigenvalue weighted by Crippen LogP contribution is 2.28. The van der Waals surface area contributed by atoms with Gasteiger partial charge in [-0.05, 0) is 12.8 Å². The summed E-state index contributed by atoms with van der Waals surface area (Å²) in [6.07, 6.45) is 4.88. The summed E-state index contributed by atoms with van der Waals surface area (Å²) in [5, 5.41) is 14.1. The average molecular weight is 321 g/mol. The first-order valence-corrected chi connectivity index (χ1v) is 8.18. The number of piperidine rings is 1. The highest BCUT2D eigenvalue weighted by atomic mass is 32.1. The van der Waals surface area contributed by atoms with Crippen LogP contribution >= 0.6 is 11.5 Å². The molecule has 0 atom stereocenters. The predicted molar refractivity (Wildman–Crippen MR) is 83.7 cm³/mol. The van der Waals surface area contributed by atoms with Crippen molar-refractivity contribution < 1.29 is 9.90 Å². The minimum absolute atomic E-state index is 0.244. The second-order valence-corrected chi connectivity index (χ2v) is 6.55. The summed E-state index contributed by atoms with van der Waals surface area (Å²) in [5.41, 5.74) is 0.244. The predicted octanol–water partition coefficient (Wildman–Crippen LogP) is 2.40. The third-order valence-electron chi connectivity index (χ3n) is 3.90. The molecule has 22 heavy (non-hydrogen) atoms. The molecular formula is C14H19N5O2S. The molecule has 1 aliphatic heterocycles. The lowest BCUT2D eigenvalue weighted by Gasteiger charge is -2.31. The van der Waals surface area contributed by atoms with E-state index >= 15 is 0 Å². The van der Waals surface area contributed by atoms with Crippen molar-refractivity contribution in [3.05, 3.63) is 23.8 Å². The summed E-state index contributed by atoms with van der Waals surface area (Å²) in [4.78, 5) is 17.8. The molecule has 0 spiro atoms. The van der Waals surface area contributed by atoms with Crippen LogP contribution < -0.4 is 4.90 Å². The molecule has 1 saturated heterocycles. The maximum atomic E-state index is 10.9. The topological polar surface area (TPSA) is 84.1 Å². The van der Waals surface area contributed by atoms with E-state index in [1.165, 1.54) is 17.7 Å². The molecule has 1 fully saturated rings. The molecule has 0 radical (unpaired) electrons. The van der Waals surface area contributed by atoms with E-state index in [0.29, 0.717) is 5.92 Å². The Morgan fingerprint density at radius 3 is 2.68 bits per heavy atom. The Labute approximate surface area is 132 Å². The third kappa shape index (κ3) is 2.96. The fourth-order valence-corrected chi connectivity index (χ4v) is 3.42. The van der Waals surface area contributed by atoms with Crippen LogP contribution in [0.1, 0.15) is 54.8 Å². The van der Waals surface area contributed by atoms with Crippen LogP contribution in [0, 0.1) is 0 Å². The highest BCUT2D eigenvalue weighted by Gasteiger charge is 2.24. The van der Waals surface area contributed by atoms with Crippen molar-refractivity contribution in [1.29, 1.82) is 0 Å². The first-order chi connectivity index (χ1) is 10.5. The molecular weight excluding hydrogens is 302 g/mol. The molecule has 3 heterocycles. The van der Waals surface area contributed by atoms with E-state index in [0.717, 1.165) is 36.9 Å².